The number of aryl methyl sites for hydroxylation is 2. The predicted molar refractivity (Wildman–Crippen MR) is 50.7 cm³/mol. The second kappa shape index (κ2) is 6.29. The van der Waals surface area contributed by atoms with Crippen LogP contribution in [0, 0.1) is 6.92 Å². The average molecular weight is 184 g/mol. The van der Waals surface area contributed by atoms with Gasteiger partial charge in [0.25, 0.3) is 0 Å². The Kier molecular flexibility index (Phi) is 5.68. The minimum absolute atomic E-state index is 0.132. The van der Waals surface area contributed by atoms with Gasteiger partial charge in [-0.15, -0.1) is 0 Å². The predicted octanol–water partition coefficient (Wildman–Crippen LogP) is 2.63. The standard InChI is InChI=1S/C8H10O3.C2H6/c1-6-2-3-7(11-6)4-5-8(9)10;1-2/h2-3H,4-5H2,1H3,(H,9,10);1-2H3. The summed E-state index contributed by atoms with van der Waals surface area (Å²) in [7, 11) is 0. The van der Waals surface area contributed by atoms with Crippen LogP contribution in [0.5, 0.6) is 0 Å². The van der Waals surface area contributed by atoms with Crippen molar-refractivity contribution in [2.75, 3.05) is 0 Å². The molecule has 0 aliphatic rings. The van der Waals surface area contributed by atoms with Crippen molar-refractivity contribution in [2.45, 2.75) is 33.6 Å². The highest BCUT2D eigenvalue weighted by molar-refractivity contribution is 5.66. The first-order valence-corrected chi connectivity index (χ1v) is 4.45. The van der Waals surface area contributed by atoms with Gasteiger partial charge < -0.3 is 9.52 Å². The Labute approximate surface area is 78.4 Å². The molecule has 0 bridgehead atoms. The maximum Gasteiger partial charge on any atom is 0.303 e. The molecule has 1 aromatic rings. The van der Waals surface area contributed by atoms with Crippen molar-refractivity contribution in [3.05, 3.63) is 23.7 Å². The number of carbonyl (C=O) groups is 1. The Hall–Kier alpha value is -1.25. The van der Waals surface area contributed by atoms with Crippen LogP contribution < -0.4 is 0 Å². The van der Waals surface area contributed by atoms with E-state index in [4.69, 9.17) is 9.52 Å². The third kappa shape index (κ3) is 5.06. The topological polar surface area (TPSA) is 50.4 Å². The van der Waals surface area contributed by atoms with E-state index in [1.807, 2.05) is 26.8 Å². The van der Waals surface area contributed by atoms with Crippen LogP contribution in [-0.2, 0) is 11.2 Å². The summed E-state index contributed by atoms with van der Waals surface area (Å²) in [5.41, 5.74) is 0. The summed E-state index contributed by atoms with van der Waals surface area (Å²) in [5, 5.41) is 8.34. The molecule has 0 fully saturated rings. The van der Waals surface area contributed by atoms with Gasteiger partial charge in [-0.25, -0.2) is 0 Å². The Morgan fingerprint density at radius 2 is 2.08 bits per heavy atom. The molecule has 0 saturated carbocycles. The number of hydrogen-bond acceptors (Lipinski definition) is 2. The lowest BCUT2D eigenvalue weighted by Gasteiger charge is -1.90. The van der Waals surface area contributed by atoms with Crippen LogP contribution >= 0.6 is 0 Å². The summed E-state index contributed by atoms with van der Waals surface area (Å²) in [6.45, 7) is 5.84. The van der Waals surface area contributed by atoms with Gasteiger partial charge in [0.1, 0.15) is 11.5 Å². The second-order valence-electron chi connectivity index (χ2n) is 2.41. The Morgan fingerprint density at radius 3 is 2.46 bits per heavy atom. The normalized spacial score (nSPS) is 8.85. The molecule has 1 N–H and O–H groups in total. The first kappa shape index (κ1) is 11.8. The number of carboxylic acids is 1. The molecule has 0 aromatic carbocycles. The first-order valence-electron chi connectivity index (χ1n) is 4.45. The minimum atomic E-state index is -0.793. The van der Waals surface area contributed by atoms with E-state index in [9.17, 15) is 4.79 Å². The number of carboxylic acid groups (broad SMARTS) is 1. The Balaban J connectivity index is 0.000000671. The van der Waals surface area contributed by atoms with Crippen LogP contribution in [0.1, 0.15) is 31.8 Å². The molecule has 0 aliphatic heterocycles. The van der Waals surface area contributed by atoms with Crippen molar-refractivity contribution < 1.29 is 14.3 Å². The maximum absolute atomic E-state index is 10.1. The van der Waals surface area contributed by atoms with Crippen molar-refractivity contribution in [3.63, 3.8) is 0 Å². The van der Waals surface area contributed by atoms with Crippen molar-refractivity contribution in [2.24, 2.45) is 0 Å². The van der Waals surface area contributed by atoms with Gasteiger partial charge in [0.2, 0.25) is 0 Å². The number of rotatable bonds is 3. The van der Waals surface area contributed by atoms with E-state index < -0.39 is 5.97 Å². The molecule has 0 atom stereocenters. The lowest BCUT2D eigenvalue weighted by Crippen LogP contribution is -1.95. The zero-order valence-electron chi connectivity index (χ0n) is 8.33. The number of aliphatic carboxylic acids is 1. The zero-order chi connectivity index (χ0) is 10.3. The highest BCUT2D eigenvalue weighted by atomic mass is 16.4. The lowest BCUT2D eigenvalue weighted by atomic mass is 10.2. The van der Waals surface area contributed by atoms with Crippen LogP contribution in [0.3, 0.4) is 0 Å². The summed E-state index contributed by atoms with van der Waals surface area (Å²) in [6.07, 6.45) is 0.607. The third-order valence-corrected chi connectivity index (χ3v) is 1.38. The minimum Gasteiger partial charge on any atom is -0.481 e. The molecule has 1 heterocycles. The molecular weight excluding hydrogens is 168 g/mol. The van der Waals surface area contributed by atoms with Crippen molar-refractivity contribution >= 4 is 5.97 Å². The largest absolute Gasteiger partial charge is 0.481 e. The fourth-order valence-corrected chi connectivity index (χ4v) is 0.850. The molecule has 0 spiro atoms. The van der Waals surface area contributed by atoms with Crippen molar-refractivity contribution in [3.8, 4) is 0 Å². The molecule has 0 unspecified atom stereocenters. The van der Waals surface area contributed by atoms with Gasteiger partial charge in [0, 0.05) is 6.42 Å². The molecule has 74 valence electrons. The molecule has 1 rings (SSSR count). The smallest absolute Gasteiger partial charge is 0.303 e. The lowest BCUT2D eigenvalue weighted by molar-refractivity contribution is -0.137. The van der Waals surface area contributed by atoms with Crippen LogP contribution in [0.25, 0.3) is 0 Å². The van der Waals surface area contributed by atoms with Gasteiger partial charge in [-0.2, -0.15) is 0 Å². The van der Waals surface area contributed by atoms with E-state index in [2.05, 4.69) is 0 Å². The zero-order valence-corrected chi connectivity index (χ0v) is 8.33. The van der Waals surface area contributed by atoms with Crippen LogP contribution in [-0.4, -0.2) is 11.1 Å². The molecule has 3 heteroatoms. The van der Waals surface area contributed by atoms with E-state index in [1.165, 1.54) is 0 Å². The van der Waals surface area contributed by atoms with Crippen molar-refractivity contribution in [1.82, 2.24) is 0 Å². The van der Waals surface area contributed by atoms with E-state index in [-0.39, 0.29) is 6.42 Å². The molecule has 0 radical (unpaired) electrons. The van der Waals surface area contributed by atoms with E-state index in [0.717, 1.165) is 11.5 Å². The number of hydrogen-bond donors (Lipinski definition) is 1. The van der Waals surface area contributed by atoms with E-state index >= 15 is 0 Å². The average Bonchev–Trinajstić information content (AvgIpc) is 2.52. The fourth-order valence-electron chi connectivity index (χ4n) is 0.850. The first-order chi connectivity index (χ1) is 6.18. The van der Waals surface area contributed by atoms with Crippen LogP contribution in [0.15, 0.2) is 16.5 Å². The highest BCUT2D eigenvalue weighted by Gasteiger charge is 2.01. The molecule has 3 nitrogen and oxygen atoms in total. The Bertz CT molecular complexity index is 250. The van der Waals surface area contributed by atoms with Gasteiger partial charge in [0.15, 0.2) is 0 Å². The summed E-state index contributed by atoms with van der Waals surface area (Å²) in [5.74, 6) is 0.773. The monoisotopic (exact) mass is 184 g/mol. The second-order valence-corrected chi connectivity index (χ2v) is 2.41. The number of furan rings is 1. The molecule has 0 amide bonds. The summed E-state index contributed by atoms with van der Waals surface area (Å²) in [4.78, 5) is 10.1. The summed E-state index contributed by atoms with van der Waals surface area (Å²) < 4.78 is 5.17. The van der Waals surface area contributed by atoms with Crippen LogP contribution in [0.2, 0.25) is 0 Å². The molecular formula is C10H16O3. The molecule has 13 heavy (non-hydrogen) atoms. The third-order valence-electron chi connectivity index (χ3n) is 1.38. The quantitative estimate of drug-likeness (QED) is 0.785. The molecule has 0 aliphatic carbocycles. The summed E-state index contributed by atoms with van der Waals surface area (Å²) >= 11 is 0. The Morgan fingerprint density at radius 1 is 1.46 bits per heavy atom. The fraction of sp³-hybridized carbons (Fsp3) is 0.500. The van der Waals surface area contributed by atoms with E-state index in [0.29, 0.717) is 6.42 Å². The van der Waals surface area contributed by atoms with E-state index in [1.54, 1.807) is 6.07 Å². The van der Waals surface area contributed by atoms with Gasteiger partial charge in [0.05, 0.1) is 6.42 Å². The summed E-state index contributed by atoms with van der Waals surface area (Å²) in [6, 6.07) is 3.63. The van der Waals surface area contributed by atoms with Gasteiger partial charge >= 0.3 is 5.97 Å². The SMILES string of the molecule is CC.Cc1ccc(CCC(=O)O)o1. The highest BCUT2D eigenvalue weighted by Crippen LogP contribution is 2.08. The van der Waals surface area contributed by atoms with Gasteiger partial charge in [-0.1, -0.05) is 13.8 Å². The van der Waals surface area contributed by atoms with Gasteiger partial charge in [-0.05, 0) is 19.1 Å². The van der Waals surface area contributed by atoms with Crippen LogP contribution in [0.4, 0.5) is 0 Å². The van der Waals surface area contributed by atoms with Crippen molar-refractivity contribution in [1.29, 1.82) is 0 Å². The molecule has 1 aromatic heterocycles. The maximum atomic E-state index is 10.1. The molecule has 0 saturated heterocycles. The van der Waals surface area contributed by atoms with Gasteiger partial charge in [-0.3, -0.25) is 4.79 Å².